The summed E-state index contributed by atoms with van der Waals surface area (Å²) in [5, 5.41) is 21.7. The Balaban J connectivity index is 2.06. The summed E-state index contributed by atoms with van der Waals surface area (Å²) in [7, 11) is 0. The van der Waals surface area contributed by atoms with E-state index in [1.165, 1.54) is 25.7 Å². The second-order valence-corrected chi connectivity index (χ2v) is 8.30. The fraction of sp³-hybridized carbons (Fsp3) is 0.483. The summed E-state index contributed by atoms with van der Waals surface area (Å²) in [5.74, 6) is 0.170. The Morgan fingerprint density at radius 3 is 1.94 bits per heavy atom. The van der Waals surface area contributed by atoms with Gasteiger partial charge in [0.1, 0.15) is 5.75 Å². The largest absolute Gasteiger partial charge is 0.508 e. The highest BCUT2D eigenvalue weighted by Crippen LogP contribution is 2.11. The summed E-state index contributed by atoms with van der Waals surface area (Å²) in [6.45, 7) is 2.12. The first-order valence-electron chi connectivity index (χ1n) is 12.4. The number of phenols is 1. The van der Waals surface area contributed by atoms with Gasteiger partial charge in [-0.25, -0.2) is 0 Å². The molecule has 1 rings (SSSR count). The predicted octanol–water partition coefficient (Wildman–Crippen LogP) is 6.56. The fourth-order valence-corrected chi connectivity index (χ4v) is 3.32. The number of hydrogen-bond donors (Lipinski definition) is 3. The predicted molar refractivity (Wildman–Crippen MR) is 139 cm³/mol. The van der Waals surface area contributed by atoms with Gasteiger partial charge >= 0.3 is 0 Å². The Kier molecular flexibility index (Phi) is 17.3. The topological polar surface area (TPSA) is 69.6 Å². The van der Waals surface area contributed by atoms with E-state index >= 15 is 0 Å². The van der Waals surface area contributed by atoms with Crippen LogP contribution in [0.3, 0.4) is 0 Å². The number of carbonyl (C=O) groups is 1. The third-order valence-corrected chi connectivity index (χ3v) is 5.24. The standard InChI is InChI=1S/C29H43NO3/c1-2-3-4-5-6-7-8-9-10-11-12-13-14-15-16-17-18-19-29(33)30-27(25-31)24-26-20-22-28(32)23-21-26/h6-7,9-10,12-13,15-16,20-23,27,31-32H,2-5,8,11,14,17-19,24-25H2,1H3,(H,30,33)/t27-/m1/s1. The first-order valence-corrected chi connectivity index (χ1v) is 12.4. The average Bonchev–Trinajstić information content (AvgIpc) is 2.82. The molecule has 1 amide bonds. The zero-order valence-electron chi connectivity index (χ0n) is 20.3. The van der Waals surface area contributed by atoms with Gasteiger partial charge in [0.15, 0.2) is 0 Å². The van der Waals surface area contributed by atoms with Crippen molar-refractivity contribution in [3.8, 4) is 5.75 Å². The Morgan fingerprint density at radius 1 is 0.848 bits per heavy atom. The first-order chi connectivity index (χ1) is 16.2. The number of carbonyl (C=O) groups excluding carboxylic acids is 1. The third kappa shape index (κ3) is 16.7. The smallest absolute Gasteiger partial charge is 0.220 e. The van der Waals surface area contributed by atoms with E-state index in [1.54, 1.807) is 24.3 Å². The Labute approximate surface area is 200 Å². The van der Waals surface area contributed by atoms with Gasteiger partial charge in [0.05, 0.1) is 12.6 Å². The van der Waals surface area contributed by atoms with Crippen LogP contribution in [-0.2, 0) is 11.2 Å². The average molecular weight is 454 g/mol. The molecule has 1 aromatic carbocycles. The monoisotopic (exact) mass is 453 g/mol. The minimum Gasteiger partial charge on any atom is -0.508 e. The molecule has 0 heterocycles. The van der Waals surface area contributed by atoms with Crippen LogP contribution >= 0.6 is 0 Å². The van der Waals surface area contributed by atoms with Crippen LogP contribution in [-0.4, -0.2) is 28.8 Å². The number of amides is 1. The molecule has 0 aromatic heterocycles. The minimum absolute atomic E-state index is 0.0382. The number of benzene rings is 1. The highest BCUT2D eigenvalue weighted by molar-refractivity contribution is 5.76. The molecule has 0 saturated carbocycles. The Bertz CT molecular complexity index is 732. The molecule has 0 aliphatic carbocycles. The molecule has 33 heavy (non-hydrogen) atoms. The first kappa shape index (κ1) is 28.4. The van der Waals surface area contributed by atoms with Crippen LogP contribution in [0, 0.1) is 0 Å². The van der Waals surface area contributed by atoms with Crippen molar-refractivity contribution in [3.05, 3.63) is 78.4 Å². The van der Waals surface area contributed by atoms with Crippen molar-refractivity contribution in [3.63, 3.8) is 0 Å². The van der Waals surface area contributed by atoms with Gasteiger partial charge in [0.2, 0.25) is 5.91 Å². The van der Waals surface area contributed by atoms with Crippen LogP contribution in [0.4, 0.5) is 0 Å². The van der Waals surface area contributed by atoms with Crippen molar-refractivity contribution in [2.24, 2.45) is 0 Å². The van der Waals surface area contributed by atoms with E-state index in [0.29, 0.717) is 12.8 Å². The number of nitrogens with one attached hydrogen (secondary N) is 1. The number of hydrogen-bond acceptors (Lipinski definition) is 3. The molecule has 0 unspecified atom stereocenters. The molecule has 0 bridgehead atoms. The van der Waals surface area contributed by atoms with Gasteiger partial charge in [-0.3, -0.25) is 4.79 Å². The lowest BCUT2D eigenvalue weighted by molar-refractivity contribution is -0.122. The van der Waals surface area contributed by atoms with Crippen LogP contribution in [0.2, 0.25) is 0 Å². The number of unbranched alkanes of at least 4 members (excludes halogenated alkanes) is 4. The number of aliphatic hydroxyl groups is 1. The maximum Gasteiger partial charge on any atom is 0.220 e. The van der Waals surface area contributed by atoms with Gasteiger partial charge < -0.3 is 15.5 Å². The van der Waals surface area contributed by atoms with Gasteiger partial charge in [-0.1, -0.05) is 80.5 Å². The summed E-state index contributed by atoms with van der Waals surface area (Å²) in [4.78, 5) is 12.1. The molecule has 0 spiro atoms. The van der Waals surface area contributed by atoms with Gasteiger partial charge in [0.25, 0.3) is 0 Å². The number of allylic oxidation sites excluding steroid dienone is 8. The number of aliphatic hydroxyl groups excluding tert-OH is 1. The lowest BCUT2D eigenvalue weighted by Gasteiger charge is -2.16. The van der Waals surface area contributed by atoms with E-state index in [2.05, 4.69) is 60.8 Å². The van der Waals surface area contributed by atoms with Crippen LogP contribution in [0.1, 0.15) is 76.7 Å². The second kappa shape index (κ2) is 20.0. The van der Waals surface area contributed by atoms with Crippen molar-refractivity contribution in [1.82, 2.24) is 5.32 Å². The quantitative estimate of drug-likeness (QED) is 0.174. The van der Waals surface area contributed by atoms with Gasteiger partial charge in [-0.2, -0.15) is 0 Å². The van der Waals surface area contributed by atoms with E-state index in [1.807, 2.05) is 0 Å². The maximum atomic E-state index is 12.1. The highest BCUT2D eigenvalue weighted by atomic mass is 16.3. The second-order valence-electron chi connectivity index (χ2n) is 8.30. The molecule has 4 nitrogen and oxygen atoms in total. The molecule has 3 N–H and O–H groups in total. The van der Waals surface area contributed by atoms with Crippen LogP contribution in [0.25, 0.3) is 0 Å². The Morgan fingerprint density at radius 2 is 1.39 bits per heavy atom. The zero-order valence-corrected chi connectivity index (χ0v) is 20.3. The number of rotatable bonds is 18. The number of phenolic OH excluding ortho intramolecular Hbond substituents is 1. The molecule has 0 aliphatic rings. The van der Waals surface area contributed by atoms with E-state index in [-0.39, 0.29) is 24.3 Å². The summed E-state index contributed by atoms with van der Waals surface area (Å²) in [6, 6.07) is 6.51. The molecule has 4 heteroatoms. The normalized spacial score (nSPS) is 13.0. The van der Waals surface area contributed by atoms with Crippen LogP contribution in [0.15, 0.2) is 72.9 Å². The number of aromatic hydroxyl groups is 1. The summed E-state index contributed by atoms with van der Waals surface area (Å²) in [6.07, 6.45) is 28.2. The van der Waals surface area contributed by atoms with Crippen molar-refractivity contribution < 1.29 is 15.0 Å². The minimum atomic E-state index is -0.307. The molecule has 0 fully saturated rings. The summed E-state index contributed by atoms with van der Waals surface area (Å²) >= 11 is 0. The molecule has 182 valence electrons. The molecule has 0 aliphatic heterocycles. The summed E-state index contributed by atoms with van der Waals surface area (Å²) in [5.41, 5.74) is 0.966. The summed E-state index contributed by atoms with van der Waals surface area (Å²) < 4.78 is 0. The lowest BCUT2D eigenvalue weighted by Crippen LogP contribution is -2.38. The SMILES string of the molecule is CCCCCC=CCC=CCC=CCC=CCCCC(=O)N[C@@H](CO)Cc1ccc(O)cc1. The highest BCUT2D eigenvalue weighted by Gasteiger charge is 2.11. The van der Waals surface area contributed by atoms with Gasteiger partial charge in [-0.05, 0) is 69.1 Å². The van der Waals surface area contributed by atoms with Crippen LogP contribution in [0.5, 0.6) is 5.75 Å². The lowest BCUT2D eigenvalue weighted by atomic mass is 10.1. The molecular formula is C29H43NO3. The van der Waals surface area contributed by atoms with E-state index in [0.717, 1.165) is 37.7 Å². The van der Waals surface area contributed by atoms with E-state index in [4.69, 9.17) is 0 Å². The molecule has 0 saturated heterocycles. The van der Waals surface area contributed by atoms with Crippen molar-refractivity contribution in [2.75, 3.05) is 6.61 Å². The molecular weight excluding hydrogens is 410 g/mol. The van der Waals surface area contributed by atoms with Crippen LogP contribution < -0.4 is 5.32 Å². The molecule has 0 radical (unpaired) electrons. The van der Waals surface area contributed by atoms with Gasteiger partial charge in [-0.15, -0.1) is 0 Å². The van der Waals surface area contributed by atoms with Gasteiger partial charge in [0, 0.05) is 6.42 Å². The Hall–Kier alpha value is -2.59. The van der Waals surface area contributed by atoms with E-state index in [9.17, 15) is 15.0 Å². The van der Waals surface area contributed by atoms with Crippen molar-refractivity contribution in [2.45, 2.75) is 83.6 Å². The van der Waals surface area contributed by atoms with Crippen molar-refractivity contribution >= 4 is 5.91 Å². The third-order valence-electron chi connectivity index (χ3n) is 5.24. The van der Waals surface area contributed by atoms with E-state index < -0.39 is 0 Å². The molecule has 1 atom stereocenters. The fourth-order valence-electron chi connectivity index (χ4n) is 3.32. The zero-order chi connectivity index (χ0) is 24.0. The van der Waals surface area contributed by atoms with Crippen molar-refractivity contribution in [1.29, 1.82) is 0 Å². The maximum absolute atomic E-state index is 12.1. The molecule has 1 aromatic rings.